The monoisotopic (exact) mass is 595 g/mol. The number of H-pyrrole nitrogens is 1. The molecule has 1 amide bonds. The average molecular weight is 596 g/mol. The van der Waals surface area contributed by atoms with Crippen LogP contribution in [0.5, 0.6) is 11.5 Å². The quantitative estimate of drug-likeness (QED) is 0.277. The summed E-state index contributed by atoms with van der Waals surface area (Å²) in [5.74, 6) is 2.70. The number of rotatable bonds is 7. The Bertz CT molecular complexity index is 1510. The number of ether oxygens (including phenoxy) is 2. The van der Waals surface area contributed by atoms with E-state index >= 15 is 0 Å². The smallest absolute Gasteiger partial charge is 0.416 e. The van der Waals surface area contributed by atoms with Crippen molar-refractivity contribution in [1.29, 1.82) is 0 Å². The molecule has 1 saturated heterocycles. The molecule has 1 aromatic heterocycles. The summed E-state index contributed by atoms with van der Waals surface area (Å²) in [6.45, 7) is 3.20. The Morgan fingerprint density at radius 2 is 1.78 bits per heavy atom. The first kappa shape index (κ1) is 27.9. The molecule has 41 heavy (non-hydrogen) atoms. The maximum absolute atomic E-state index is 13.4. The zero-order valence-electron chi connectivity index (χ0n) is 22.4. The Labute approximate surface area is 247 Å². The number of carbonyl (C=O) groups is 1. The van der Waals surface area contributed by atoms with Crippen LogP contribution in [-0.4, -0.2) is 76.4 Å². The maximum Gasteiger partial charge on any atom is 0.416 e. The van der Waals surface area contributed by atoms with E-state index in [0.717, 1.165) is 52.3 Å². The minimum atomic E-state index is -0.575. The van der Waals surface area contributed by atoms with Crippen LogP contribution >= 0.6 is 23.4 Å². The van der Waals surface area contributed by atoms with E-state index in [-0.39, 0.29) is 12.4 Å². The van der Waals surface area contributed by atoms with Crippen molar-refractivity contribution >= 4 is 40.4 Å². The molecule has 2 N–H and O–H groups in total. The third-order valence-corrected chi connectivity index (χ3v) is 8.73. The molecular formula is C31H31ClFN3O4S. The lowest BCUT2D eigenvalue weighted by molar-refractivity contribution is 0.0715. The lowest BCUT2D eigenvalue weighted by Crippen LogP contribution is -2.42. The Morgan fingerprint density at radius 1 is 1.05 bits per heavy atom. The van der Waals surface area contributed by atoms with E-state index in [1.165, 1.54) is 24.3 Å². The van der Waals surface area contributed by atoms with E-state index in [0.29, 0.717) is 30.3 Å². The van der Waals surface area contributed by atoms with E-state index in [2.05, 4.69) is 9.88 Å². The molecular weight excluding hydrogens is 565 g/mol. The Hall–Kier alpha value is -3.24. The van der Waals surface area contributed by atoms with E-state index < -0.39 is 24.1 Å². The van der Waals surface area contributed by atoms with Gasteiger partial charge in [0.25, 0.3) is 0 Å². The number of aromatic nitrogens is 1. The molecule has 214 valence electrons. The van der Waals surface area contributed by atoms with Crippen molar-refractivity contribution in [2.24, 2.45) is 0 Å². The number of aliphatic hydroxyl groups excluding tert-OH is 1. The number of hydrogen-bond acceptors (Lipinski definition) is 6. The molecule has 4 aromatic rings. The van der Waals surface area contributed by atoms with Gasteiger partial charge in [-0.3, -0.25) is 9.80 Å². The van der Waals surface area contributed by atoms with Gasteiger partial charge in [-0.2, -0.15) is 11.8 Å². The second-order valence-corrected chi connectivity index (χ2v) is 12.0. The van der Waals surface area contributed by atoms with Gasteiger partial charge in [0.1, 0.15) is 36.1 Å². The molecule has 2 atom stereocenters. The number of carbonyl (C=O) groups excluding carboxylic acids is 1. The predicted octanol–water partition coefficient (Wildman–Crippen LogP) is 5.90. The molecule has 0 saturated carbocycles. The number of aliphatic hydroxyl groups is 1. The number of fused-ring (bicyclic) bond motifs is 3. The number of β-amino-alcohol motifs (C(OH)–C–C–N with tert-alkyl or cyclic N) is 1. The highest BCUT2D eigenvalue weighted by Crippen LogP contribution is 2.40. The van der Waals surface area contributed by atoms with Gasteiger partial charge in [-0.05, 0) is 72.1 Å². The number of nitrogens with one attached hydrogen (secondary N) is 1. The maximum atomic E-state index is 13.4. The average Bonchev–Trinajstić information content (AvgIpc) is 3.35. The summed E-state index contributed by atoms with van der Waals surface area (Å²) in [7, 11) is 0. The SMILES string of the molecule is O=C(Oc1ccc(F)cc1)N1CCc2c([nH]c3ccc(Cl)cc23)C1c1ccc(OCC(O)CN2CCSCC2)cc1. The van der Waals surface area contributed by atoms with Gasteiger partial charge in [-0.25, -0.2) is 9.18 Å². The fourth-order valence-electron chi connectivity index (χ4n) is 5.54. The van der Waals surface area contributed by atoms with Gasteiger partial charge in [0.15, 0.2) is 0 Å². The number of hydrogen-bond donors (Lipinski definition) is 2. The fraction of sp³-hybridized carbons (Fsp3) is 0.323. The summed E-state index contributed by atoms with van der Waals surface area (Å²) in [4.78, 5) is 20.9. The first-order valence-corrected chi connectivity index (χ1v) is 15.2. The van der Waals surface area contributed by atoms with E-state index in [9.17, 15) is 14.3 Å². The molecule has 0 aliphatic carbocycles. The molecule has 0 bridgehead atoms. The largest absolute Gasteiger partial charge is 0.491 e. The Kier molecular flexibility index (Phi) is 8.39. The van der Waals surface area contributed by atoms with Crippen molar-refractivity contribution < 1.29 is 23.8 Å². The number of benzene rings is 3. The molecule has 3 heterocycles. The lowest BCUT2D eigenvalue weighted by Gasteiger charge is -2.35. The molecule has 2 aliphatic rings. The molecule has 2 aliphatic heterocycles. The van der Waals surface area contributed by atoms with E-state index in [1.54, 1.807) is 4.90 Å². The highest BCUT2D eigenvalue weighted by atomic mass is 35.5. The summed E-state index contributed by atoms with van der Waals surface area (Å²) in [6, 6.07) is 18.3. The van der Waals surface area contributed by atoms with Gasteiger partial charge < -0.3 is 19.6 Å². The van der Waals surface area contributed by atoms with Gasteiger partial charge in [-0.1, -0.05) is 23.7 Å². The summed E-state index contributed by atoms with van der Waals surface area (Å²) in [5.41, 5.74) is 3.82. The van der Waals surface area contributed by atoms with Crippen LogP contribution in [-0.2, 0) is 6.42 Å². The molecule has 10 heteroatoms. The van der Waals surface area contributed by atoms with Gasteiger partial charge in [0.2, 0.25) is 0 Å². The van der Waals surface area contributed by atoms with Crippen molar-refractivity contribution in [3.8, 4) is 11.5 Å². The summed E-state index contributed by atoms with van der Waals surface area (Å²) in [6.07, 6.45) is -0.475. The number of halogens is 2. The zero-order chi connectivity index (χ0) is 28.3. The van der Waals surface area contributed by atoms with Crippen molar-refractivity contribution in [3.05, 3.63) is 94.4 Å². The number of aromatic amines is 1. The second kappa shape index (κ2) is 12.3. The van der Waals surface area contributed by atoms with Crippen molar-refractivity contribution in [2.75, 3.05) is 44.3 Å². The van der Waals surface area contributed by atoms with Crippen LogP contribution in [0.4, 0.5) is 9.18 Å². The van der Waals surface area contributed by atoms with Crippen LogP contribution in [0.1, 0.15) is 22.9 Å². The highest BCUT2D eigenvalue weighted by molar-refractivity contribution is 7.99. The number of thioether (sulfide) groups is 1. The van der Waals surface area contributed by atoms with Crippen LogP contribution < -0.4 is 9.47 Å². The van der Waals surface area contributed by atoms with E-state index in [1.807, 2.05) is 54.2 Å². The molecule has 2 unspecified atom stereocenters. The first-order chi connectivity index (χ1) is 19.9. The van der Waals surface area contributed by atoms with Crippen molar-refractivity contribution in [1.82, 2.24) is 14.8 Å². The second-order valence-electron chi connectivity index (χ2n) is 10.3. The number of nitrogens with zero attached hydrogens (tertiary/aromatic N) is 2. The number of amides is 1. The van der Waals surface area contributed by atoms with Crippen molar-refractivity contribution in [2.45, 2.75) is 18.6 Å². The third kappa shape index (κ3) is 6.33. The Morgan fingerprint density at radius 3 is 2.54 bits per heavy atom. The van der Waals surface area contributed by atoms with Crippen LogP contribution in [0.2, 0.25) is 5.02 Å². The molecule has 3 aromatic carbocycles. The first-order valence-electron chi connectivity index (χ1n) is 13.7. The normalized spacial score (nSPS) is 18.2. The summed E-state index contributed by atoms with van der Waals surface area (Å²) in [5, 5.41) is 12.2. The topological polar surface area (TPSA) is 78.0 Å². The molecule has 0 radical (unpaired) electrons. The van der Waals surface area contributed by atoms with E-state index in [4.69, 9.17) is 21.1 Å². The fourth-order valence-corrected chi connectivity index (χ4v) is 6.69. The van der Waals surface area contributed by atoms with Crippen LogP contribution in [0.25, 0.3) is 10.9 Å². The minimum absolute atomic E-state index is 0.204. The van der Waals surface area contributed by atoms with Gasteiger partial charge >= 0.3 is 6.09 Å². The predicted molar refractivity (Wildman–Crippen MR) is 160 cm³/mol. The zero-order valence-corrected chi connectivity index (χ0v) is 24.0. The molecule has 0 spiro atoms. The third-order valence-electron chi connectivity index (χ3n) is 7.55. The van der Waals surface area contributed by atoms with Crippen LogP contribution in [0, 0.1) is 5.82 Å². The summed E-state index contributed by atoms with van der Waals surface area (Å²) >= 11 is 8.26. The molecule has 6 rings (SSSR count). The standard InChI is InChI=1S/C31H31ClFN3O4S/c32-21-3-10-28-27(17-21)26-11-12-36(31(38)40-25-8-4-22(33)5-9-25)30(29(26)34-28)20-1-6-24(7-2-20)39-19-23(37)18-35-13-15-41-16-14-35/h1-10,17,23,30,34,37H,11-16,18-19H2. The van der Waals surface area contributed by atoms with Crippen LogP contribution in [0.15, 0.2) is 66.7 Å². The van der Waals surface area contributed by atoms with Gasteiger partial charge in [-0.15, -0.1) is 0 Å². The van der Waals surface area contributed by atoms with Gasteiger partial charge in [0.05, 0.1) is 0 Å². The van der Waals surface area contributed by atoms with Crippen molar-refractivity contribution in [3.63, 3.8) is 0 Å². The molecule has 7 nitrogen and oxygen atoms in total. The van der Waals surface area contributed by atoms with Crippen LogP contribution in [0.3, 0.4) is 0 Å². The minimum Gasteiger partial charge on any atom is -0.491 e. The van der Waals surface area contributed by atoms with Gasteiger partial charge in [0, 0.05) is 59.3 Å². The molecule has 1 fully saturated rings. The Balaban J connectivity index is 1.23. The highest BCUT2D eigenvalue weighted by Gasteiger charge is 2.36. The lowest BCUT2D eigenvalue weighted by atomic mass is 9.92. The summed E-state index contributed by atoms with van der Waals surface area (Å²) < 4.78 is 25.0.